The molecule has 0 aromatic carbocycles. The number of anilines is 1. The molecule has 0 spiro atoms. The summed E-state index contributed by atoms with van der Waals surface area (Å²) >= 11 is 1.61. The third-order valence-corrected chi connectivity index (χ3v) is 7.39. The maximum absolute atomic E-state index is 13.5. The Hall–Kier alpha value is -3.33. The van der Waals surface area contributed by atoms with Gasteiger partial charge in [-0.1, -0.05) is 30.3 Å². The van der Waals surface area contributed by atoms with Crippen LogP contribution in [-0.4, -0.2) is 27.6 Å². The van der Waals surface area contributed by atoms with Crippen LogP contribution in [-0.2, 0) is 13.0 Å². The molecule has 0 aliphatic heterocycles. The fourth-order valence-electron chi connectivity index (χ4n) is 3.84. The van der Waals surface area contributed by atoms with E-state index in [4.69, 9.17) is 21.6 Å². The Morgan fingerprint density at radius 3 is 2.82 bits per heavy atom. The minimum atomic E-state index is -0.116. The van der Waals surface area contributed by atoms with Crippen molar-refractivity contribution in [3.63, 3.8) is 0 Å². The molecule has 34 heavy (non-hydrogen) atoms. The van der Waals surface area contributed by atoms with Gasteiger partial charge in [0, 0.05) is 28.2 Å². The number of fused-ring (bicyclic) bond motifs is 1. The zero-order valence-corrected chi connectivity index (χ0v) is 20.9. The highest BCUT2D eigenvalue weighted by Crippen LogP contribution is 2.43. The maximum Gasteiger partial charge on any atom is 0.270 e. The van der Waals surface area contributed by atoms with E-state index in [0.29, 0.717) is 35.9 Å². The van der Waals surface area contributed by atoms with Crippen LogP contribution < -0.4 is 21.8 Å². The number of nitrogens with one attached hydrogen (secondary N) is 1. The number of nitrogen functional groups attached to an aromatic ring is 1. The van der Waals surface area contributed by atoms with Crippen LogP contribution in [0.3, 0.4) is 0 Å². The van der Waals surface area contributed by atoms with Crippen molar-refractivity contribution < 1.29 is 4.74 Å². The number of methoxy groups -OCH3 is 1. The highest BCUT2D eigenvalue weighted by atomic mass is 32.2. The first-order valence-corrected chi connectivity index (χ1v) is 12.0. The van der Waals surface area contributed by atoms with Gasteiger partial charge >= 0.3 is 0 Å². The van der Waals surface area contributed by atoms with Crippen LogP contribution in [0.2, 0.25) is 0 Å². The van der Waals surface area contributed by atoms with Crippen molar-refractivity contribution in [2.24, 2.45) is 11.7 Å². The van der Waals surface area contributed by atoms with Crippen LogP contribution in [0.25, 0.3) is 4.91 Å². The number of ether oxygens (including phenoxy) is 1. The fraction of sp³-hybridized carbons (Fsp3) is 0.360. The predicted molar refractivity (Wildman–Crippen MR) is 140 cm³/mol. The van der Waals surface area contributed by atoms with Gasteiger partial charge in [0.15, 0.2) is 11.6 Å². The van der Waals surface area contributed by atoms with Crippen LogP contribution in [0.15, 0.2) is 52.0 Å². The number of pyridine rings is 1. The van der Waals surface area contributed by atoms with Gasteiger partial charge in [-0.25, -0.2) is 9.67 Å². The van der Waals surface area contributed by atoms with Gasteiger partial charge in [-0.15, -0.1) is 0 Å². The van der Waals surface area contributed by atoms with Gasteiger partial charge in [-0.05, 0) is 61.9 Å². The van der Waals surface area contributed by atoms with Gasteiger partial charge in [-0.3, -0.25) is 4.79 Å². The quantitative estimate of drug-likeness (QED) is 0.484. The molecule has 2 aromatic rings. The second-order valence-corrected chi connectivity index (χ2v) is 9.40. The highest BCUT2D eigenvalue weighted by Gasteiger charge is 2.24. The molecule has 1 aliphatic carbocycles. The van der Waals surface area contributed by atoms with Crippen LogP contribution in [0.4, 0.5) is 5.82 Å². The van der Waals surface area contributed by atoms with Gasteiger partial charge in [0.2, 0.25) is 0 Å². The van der Waals surface area contributed by atoms with Crippen molar-refractivity contribution in [2.45, 2.75) is 46.6 Å². The van der Waals surface area contributed by atoms with Crippen molar-refractivity contribution in [1.82, 2.24) is 14.8 Å². The van der Waals surface area contributed by atoms with Crippen LogP contribution in [0, 0.1) is 11.3 Å². The molecule has 0 saturated carbocycles. The minimum absolute atomic E-state index is 0.116. The van der Waals surface area contributed by atoms with Gasteiger partial charge in [-0.2, -0.15) is 5.10 Å². The molecule has 0 fully saturated rings. The van der Waals surface area contributed by atoms with Crippen LogP contribution in [0.1, 0.15) is 50.4 Å². The molecule has 2 heterocycles. The Balaban J connectivity index is 1.98. The fourth-order valence-corrected chi connectivity index (χ4v) is 5.09. The Labute approximate surface area is 204 Å². The topological polar surface area (TPSA) is 133 Å². The molecule has 0 amide bonds. The second kappa shape index (κ2) is 11.2. The lowest BCUT2D eigenvalue weighted by Crippen LogP contribution is -2.28. The summed E-state index contributed by atoms with van der Waals surface area (Å²) in [5.74, 6) is 1.10. The number of nitrogens with zero attached hydrogens (tertiary/aromatic N) is 3. The normalized spacial score (nSPS) is 16.5. The van der Waals surface area contributed by atoms with E-state index in [1.165, 1.54) is 23.6 Å². The first-order valence-electron chi connectivity index (χ1n) is 11.2. The lowest BCUT2D eigenvalue weighted by atomic mass is 9.98. The first kappa shape index (κ1) is 25.3. The van der Waals surface area contributed by atoms with Crippen LogP contribution >= 0.6 is 11.8 Å². The van der Waals surface area contributed by atoms with Crippen molar-refractivity contribution in [1.29, 1.82) is 5.41 Å². The molecule has 1 aliphatic rings. The molecule has 2 aromatic heterocycles. The minimum Gasteiger partial charge on any atom is -0.493 e. The number of thioether (sulfide) groups is 1. The van der Waals surface area contributed by atoms with Crippen LogP contribution in [0.5, 0.6) is 5.75 Å². The number of allylic oxidation sites excluding steroid dienone is 4. The summed E-state index contributed by atoms with van der Waals surface area (Å²) in [6.07, 6.45) is 8.80. The number of aromatic nitrogens is 3. The van der Waals surface area contributed by atoms with E-state index in [0.717, 1.165) is 27.4 Å². The van der Waals surface area contributed by atoms with Gasteiger partial charge in [0.25, 0.3) is 5.56 Å². The van der Waals surface area contributed by atoms with Crippen molar-refractivity contribution >= 4 is 28.2 Å². The van der Waals surface area contributed by atoms with Crippen molar-refractivity contribution in [3.05, 3.63) is 74.3 Å². The van der Waals surface area contributed by atoms with Gasteiger partial charge in [0.05, 0.1) is 25.5 Å². The molecular formula is C25H32N6O2S. The molecule has 0 saturated heterocycles. The molecule has 8 nitrogen and oxygen atoms in total. The summed E-state index contributed by atoms with van der Waals surface area (Å²) in [4.78, 5) is 19.9. The summed E-state index contributed by atoms with van der Waals surface area (Å²) in [6.45, 7) is 6.49. The first-order chi connectivity index (χ1) is 16.3. The lowest BCUT2D eigenvalue weighted by molar-refractivity contribution is 0.415. The molecule has 1 atom stereocenters. The van der Waals surface area contributed by atoms with Gasteiger partial charge in [0.1, 0.15) is 0 Å². The second-order valence-electron chi connectivity index (χ2n) is 8.26. The predicted octanol–water partition coefficient (Wildman–Crippen LogP) is 4.11. The van der Waals surface area contributed by atoms with E-state index < -0.39 is 0 Å². The Morgan fingerprint density at radius 2 is 2.18 bits per heavy atom. The average Bonchev–Trinajstić information content (AvgIpc) is 2.93. The summed E-state index contributed by atoms with van der Waals surface area (Å²) in [5, 5.41) is 12.6. The Bertz CT molecular complexity index is 1230. The standard InChI is InChI=1S/C25H32N6O2S/c1-5-19(12-17(27)10-11-26)34-23-16(3)15(2)6-8-20-21(23)13-29-31(25(20)32)14-18-7-9-22(33-4)24(28)30-18/h5,7,9-11,13,15,27H,6,8,12,14,26H2,1-4H3,(H2,28,30)/b11-10-,19-5+,27-17?. The Kier molecular flexibility index (Phi) is 8.33. The van der Waals surface area contributed by atoms with E-state index in [9.17, 15) is 4.79 Å². The summed E-state index contributed by atoms with van der Waals surface area (Å²) < 4.78 is 6.61. The van der Waals surface area contributed by atoms with E-state index in [1.807, 2.05) is 13.0 Å². The van der Waals surface area contributed by atoms with E-state index in [1.54, 1.807) is 36.2 Å². The summed E-state index contributed by atoms with van der Waals surface area (Å²) in [7, 11) is 1.54. The molecule has 9 heteroatoms. The zero-order valence-electron chi connectivity index (χ0n) is 20.1. The van der Waals surface area contributed by atoms with Crippen molar-refractivity contribution in [3.8, 4) is 5.75 Å². The monoisotopic (exact) mass is 480 g/mol. The average molecular weight is 481 g/mol. The molecule has 5 N–H and O–H groups in total. The van der Waals surface area contributed by atoms with Crippen molar-refractivity contribution in [2.75, 3.05) is 12.8 Å². The number of rotatable bonds is 8. The summed E-state index contributed by atoms with van der Waals surface area (Å²) in [6, 6.07) is 3.52. The lowest BCUT2D eigenvalue weighted by Gasteiger charge is -2.17. The SMILES string of the molecule is C/C=C(\CC(=N)/C=C\N)SC1=C(C)C(C)CCc2c1cnn(Cc1ccc(OC)c(N)n1)c2=O. The largest absolute Gasteiger partial charge is 0.493 e. The smallest absolute Gasteiger partial charge is 0.270 e. The molecule has 1 unspecified atom stereocenters. The third-order valence-electron chi connectivity index (χ3n) is 6.01. The third kappa shape index (κ3) is 5.59. The number of nitrogens with two attached hydrogens (primary N) is 2. The Morgan fingerprint density at radius 1 is 1.41 bits per heavy atom. The molecule has 3 rings (SSSR count). The molecule has 180 valence electrons. The maximum atomic E-state index is 13.5. The van der Waals surface area contributed by atoms with Gasteiger partial charge < -0.3 is 21.6 Å². The number of hydrogen-bond donors (Lipinski definition) is 3. The highest BCUT2D eigenvalue weighted by molar-refractivity contribution is 8.11. The number of hydrogen-bond acceptors (Lipinski definition) is 8. The zero-order chi connectivity index (χ0) is 24.8. The molecule has 0 radical (unpaired) electrons. The molecule has 0 bridgehead atoms. The summed E-state index contributed by atoms with van der Waals surface area (Å²) in [5.41, 5.74) is 15.2. The van der Waals surface area contributed by atoms with E-state index in [2.05, 4.69) is 23.9 Å². The van der Waals surface area contributed by atoms with E-state index >= 15 is 0 Å². The van der Waals surface area contributed by atoms with E-state index in [-0.39, 0.29) is 17.9 Å². The molecular weight excluding hydrogens is 448 g/mol.